The molecule has 1 aromatic rings. The van der Waals surface area contributed by atoms with Gasteiger partial charge in [0.15, 0.2) is 0 Å². The van der Waals surface area contributed by atoms with Gasteiger partial charge in [0.1, 0.15) is 17.5 Å². The molecule has 17 heavy (non-hydrogen) atoms. The van der Waals surface area contributed by atoms with Gasteiger partial charge < -0.3 is 10.5 Å². The fourth-order valence-corrected chi connectivity index (χ4v) is 1.64. The molecule has 5 heteroatoms. The van der Waals surface area contributed by atoms with Crippen molar-refractivity contribution in [1.82, 2.24) is 9.78 Å². The van der Waals surface area contributed by atoms with Gasteiger partial charge in [0.05, 0.1) is 0 Å². The largest absolute Gasteiger partial charge is 0.458 e. The molecule has 1 atom stereocenters. The van der Waals surface area contributed by atoms with Crippen LogP contribution in [0.15, 0.2) is 6.07 Å². The molecule has 1 aromatic heterocycles. The maximum Gasteiger partial charge on any atom is 0.331 e. The zero-order valence-electron chi connectivity index (χ0n) is 11.2. The van der Waals surface area contributed by atoms with Crippen LogP contribution in [0.2, 0.25) is 0 Å². The summed E-state index contributed by atoms with van der Waals surface area (Å²) in [6, 6.07) is 1.33. The highest BCUT2D eigenvalue weighted by atomic mass is 16.6. The highest BCUT2D eigenvalue weighted by molar-refractivity contribution is 5.74. The zero-order valence-corrected chi connectivity index (χ0v) is 11.2. The number of carbonyl (C=O) groups excluding carboxylic acids is 1. The smallest absolute Gasteiger partial charge is 0.331 e. The van der Waals surface area contributed by atoms with Gasteiger partial charge in [-0.15, -0.1) is 0 Å². The van der Waals surface area contributed by atoms with Crippen LogP contribution in [-0.2, 0) is 9.53 Å². The Morgan fingerprint density at radius 3 is 2.53 bits per heavy atom. The van der Waals surface area contributed by atoms with Crippen LogP contribution in [0.4, 0.5) is 5.82 Å². The lowest BCUT2D eigenvalue weighted by Gasteiger charge is -2.24. The van der Waals surface area contributed by atoms with E-state index in [-0.39, 0.29) is 5.97 Å². The molecule has 0 saturated heterocycles. The van der Waals surface area contributed by atoms with Crippen molar-refractivity contribution in [2.24, 2.45) is 0 Å². The molecule has 0 aliphatic heterocycles. The SMILES string of the molecule is CCC(C(=O)OC(C)(C)C)n1nc(N)cc1C. The minimum atomic E-state index is -0.489. The normalized spacial score (nSPS) is 13.5. The molecule has 1 heterocycles. The lowest BCUT2D eigenvalue weighted by Crippen LogP contribution is -2.31. The Kier molecular flexibility index (Phi) is 3.80. The van der Waals surface area contributed by atoms with Crippen molar-refractivity contribution in [2.75, 3.05) is 5.73 Å². The summed E-state index contributed by atoms with van der Waals surface area (Å²) in [6.07, 6.45) is 0.622. The number of anilines is 1. The van der Waals surface area contributed by atoms with Gasteiger partial charge in [0.2, 0.25) is 0 Å². The zero-order chi connectivity index (χ0) is 13.2. The highest BCUT2D eigenvalue weighted by Crippen LogP contribution is 2.20. The van der Waals surface area contributed by atoms with Gasteiger partial charge in [-0.1, -0.05) is 6.92 Å². The predicted octanol–water partition coefficient (Wildman–Crippen LogP) is 2.07. The molecule has 2 N–H and O–H groups in total. The number of hydrogen-bond acceptors (Lipinski definition) is 4. The van der Waals surface area contributed by atoms with Crippen LogP contribution in [0.1, 0.15) is 45.9 Å². The third-order valence-corrected chi connectivity index (χ3v) is 2.30. The lowest BCUT2D eigenvalue weighted by molar-refractivity contribution is -0.159. The molecule has 0 saturated carbocycles. The molecular formula is C12H21N3O2. The Hall–Kier alpha value is -1.52. The van der Waals surface area contributed by atoms with Gasteiger partial charge in [-0.3, -0.25) is 4.68 Å². The fraction of sp³-hybridized carbons (Fsp3) is 0.667. The van der Waals surface area contributed by atoms with Crippen LogP contribution in [0.3, 0.4) is 0 Å². The Morgan fingerprint density at radius 2 is 2.18 bits per heavy atom. The number of carbonyl (C=O) groups is 1. The average Bonchev–Trinajstić information content (AvgIpc) is 2.43. The number of nitrogens with zero attached hydrogens (tertiary/aromatic N) is 2. The van der Waals surface area contributed by atoms with Crippen molar-refractivity contribution in [3.05, 3.63) is 11.8 Å². The number of ether oxygens (including phenoxy) is 1. The molecule has 5 nitrogen and oxygen atoms in total. The van der Waals surface area contributed by atoms with Gasteiger partial charge in [-0.2, -0.15) is 5.10 Å². The summed E-state index contributed by atoms with van der Waals surface area (Å²) in [5.41, 5.74) is 5.99. The minimum absolute atomic E-state index is 0.272. The molecule has 96 valence electrons. The Bertz CT molecular complexity index is 404. The second-order valence-corrected chi connectivity index (χ2v) is 5.11. The van der Waals surface area contributed by atoms with Gasteiger partial charge in [-0.05, 0) is 34.1 Å². The highest BCUT2D eigenvalue weighted by Gasteiger charge is 2.26. The van der Waals surface area contributed by atoms with Gasteiger partial charge in [0, 0.05) is 11.8 Å². The van der Waals surface area contributed by atoms with Crippen LogP contribution in [0.5, 0.6) is 0 Å². The first-order valence-electron chi connectivity index (χ1n) is 5.79. The second-order valence-electron chi connectivity index (χ2n) is 5.11. The monoisotopic (exact) mass is 239 g/mol. The molecule has 0 fully saturated rings. The maximum atomic E-state index is 12.0. The topological polar surface area (TPSA) is 70.1 Å². The molecule has 0 aliphatic rings. The molecule has 0 bridgehead atoms. The van der Waals surface area contributed by atoms with Crippen molar-refractivity contribution in [2.45, 2.75) is 52.7 Å². The third kappa shape index (κ3) is 3.47. The Labute approximate surface area is 102 Å². The average molecular weight is 239 g/mol. The predicted molar refractivity (Wildman–Crippen MR) is 66.5 cm³/mol. The fourth-order valence-electron chi connectivity index (χ4n) is 1.64. The molecular weight excluding hydrogens is 218 g/mol. The number of rotatable bonds is 3. The van der Waals surface area contributed by atoms with E-state index in [1.54, 1.807) is 10.7 Å². The summed E-state index contributed by atoms with van der Waals surface area (Å²) >= 11 is 0. The molecule has 1 rings (SSSR count). The quantitative estimate of drug-likeness (QED) is 0.820. The van der Waals surface area contributed by atoms with Gasteiger partial charge >= 0.3 is 5.97 Å². The van der Waals surface area contributed by atoms with Crippen LogP contribution >= 0.6 is 0 Å². The molecule has 0 aliphatic carbocycles. The van der Waals surface area contributed by atoms with Crippen LogP contribution in [-0.4, -0.2) is 21.4 Å². The first kappa shape index (κ1) is 13.5. The van der Waals surface area contributed by atoms with E-state index in [0.29, 0.717) is 12.2 Å². The number of nitrogen functional groups attached to an aromatic ring is 1. The van der Waals surface area contributed by atoms with E-state index in [9.17, 15) is 4.79 Å². The third-order valence-electron chi connectivity index (χ3n) is 2.30. The summed E-state index contributed by atoms with van der Waals surface area (Å²) in [7, 11) is 0. The van der Waals surface area contributed by atoms with Crippen molar-refractivity contribution < 1.29 is 9.53 Å². The summed E-state index contributed by atoms with van der Waals surface area (Å²) in [5.74, 6) is 0.149. The second kappa shape index (κ2) is 4.77. The van der Waals surface area contributed by atoms with Crippen LogP contribution < -0.4 is 5.73 Å². The van der Waals surface area contributed by atoms with E-state index >= 15 is 0 Å². The van der Waals surface area contributed by atoms with Crippen molar-refractivity contribution in [3.63, 3.8) is 0 Å². The maximum absolute atomic E-state index is 12.0. The van der Waals surface area contributed by atoms with E-state index in [0.717, 1.165) is 5.69 Å². The minimum Gasteiger partial charge on any atom is -0.458 e. The number of hydrogen-bond donors (Lipinski definition) is 1. The van der Waals surface area contributed by atoms with E-state index in [2.05, 4.69) is 5.10 Å². The molecule has 0 aromatic carbocycles. The van der Waals surface area contributed by atoms with E-state index in [1.807, 2.05) is 34.6 Å². The van der Waals surface area contributed by atoms with Crippen LogP contribution in [0.25, 0.3) is 0 Å². The molecule has 1 unspecified atom stereocenters. The van der Waals surface area contributed by atoms with Crippen molar-refractivity contribution in [3.8, 4) is 0 Å². The van der Waals surface area contributed by atoms with Crippen LogP contribution in [0, 0.1) is 6.92 Å². The molecule has 0 amide bonds. The van der Waals surface area contributed by atoms with E-state index in [4.69, 9.17) is 10.5 Å². The molecule has 0 spiro atoms. The summed E-state index contributed by atoms with van der Waals surface area (Å²) < 4.78 is 7.00. The number of esters is 1. The number of aromatic nitrogens is 2. The summed E-state index contributed by atoms with van der Waals surface area (Å²) in [5, 5.41) is 4.13. The van der Waals surface area contributed by atoms with E-state index < -0.39 is 11.6 Å². The van der Waals surface area contributed by atoms with E-state index in [1.165, 1.54) is 0 Å². The van der Waals surface area contributed by atoms with Crippen molar-refractivity contribution in [1.29, 1.82) is 0 Å². The first-order chi connectivity index (χ1) is 7.74. The first-order valence-corrected chi connectivity index (χ1v) is 5.79. The molecule has 0 radical (unpaired) electrons. The van der Waals surface area contributed by atoms with Gasteiger partial charge in [0.25, 0.3) is 0 Å². The summed E-state index contributed by atoms with van der Waals surface area (Å²) in [6.45, 7) is 9.34. The Balaban J connectivity index is 2.92. The number of nitrogens with two attached hydrogens (primary N) is 1. The Morgan fingerprint density at radius 1 is 1.59 bits per heavy atom. The lowest BCUT2D eigenvalue weighted by atomic mass is 10.1. The number of aryl methyl sites for hydroxylation is 1. The van der Waals surface area contributed by atoms with Gasteiger partial charge in [-0.25, -0.2) is 4.79 Å². The summed E-state index contributed by atoms with van der Waals surface area (Å²) in [4.78, 5) is 12.0. The van der Waals surface area contributed by atoms with Crippen molar-refractivity contribution >= 4 is 11.8 Å². The standard InChI is InChI=1S/C12H21N3O2/c1-6-9(11(16)17-12(3,4)5)15-8(2)7-10(13)14-15/h7,9H,6H2,1-5H3,(H2,13,14).